The van der Waals surface area contributed by atoms with Crippen LogP contribution in [0.3, 0.4) is 0 Å². The standard InChI is InChI=1S/C19H24N2O2/c1-13(2)15-9-10-18(14(3)11-15)23-12-16-17(21(4)20)7-6-8-19(16)22-5/h6-11H,1,12,20H2,2-5H3. The lowest BCUT2D eigenvalue weighted by Gasteiger charge is -2.20. The number of hydrogen-bond acceptors (Lipinski definition) is 4. The van der Waals surface area contributed by atoms with Gasteiger partial charge in [0.1, 0.15) is 18.1 Å². The summed E-state index contributed by atoms with van der Waals surface area (Å²) in [6, 6.07) is 11.8. The van der Waals surface area contributed by atoms with Gasteiger partial charge in [-0.3, -0.25) is 0 Å². The Kier molecular flexibility index (Phi) is 5.29. The van der Waals surface area contributed by atoms with E-state index < -0.39 is 0 Å². The zero-order chi connectivity index (χ0) is 17.0. The first-order chi connectivity index (χ1) is 10.9. The van der Waals surface area contributed by atoms with E-state index in [1.54, 1.807) is 19.2 Å². The minimum absolute atomic E-state index is 0.383. The molecule has 2 aromatic carbocycles. The number of hydrazine groups is 1. The van der Waals surface area contributed by atoms with E-state index in [0.29, 0.717) is 6.61 Å². The van der Waals surface area contributed by atoms with Crippen molar-refractivity contribution < 1.29 is 9.47 Å². The highest BCUT2D eigenvalue weighted by Crippen LogP contribution is 2.30. The van der Waals surface area contributed by atoms with Crippen molar-refractivity contribution in [2.24, 2.45) is 5.84 Å². The predicted octanol–water partition coefficient (Wildman–Crippen LogP) is 3.93. The molecule has 0 bridgehead atoms. The Morgan fingerprint density at radius 1 is 1.22 bits per heavy atom. The summed E-state index contributed by atoms with van der Waals surface area (Å²) in [5.41, 5.74) is 5.03. The van der Waals surface area contributed by atoms with Gasteiger partial charge in [-0.2, -0.15) is 0 Å². The second kappa shape index (κ2) is 7.20. The summed E-state index contributed by atoms with van der Waals surface area (Å²) in [4.78, 5) is 0. The number of benzene rings is 2. The van der Waals surface area contributed by atoms with E-state index in [0.717, 1.165) is 39.4 Å². The van der Waals surface area contributed by atoms with Crippen LogP contribution in [-0.4, -0.2) is 14.2 Å². The van der Waals surface area contributed by atoms with Crippen molar-refractivity contribution >= 4 is 11.3 Å². The molecule has 0 aromatic heterocycles. The van der Waals surface area contributed by atoms with Gasteiger partial charge in [0.25, 0.3) is 0 Å². The number of ether oxygens (including phenoxy) is 2. The first-order valence-electron chi connectivity index (χ1n) is 7.47. The lowest BCUT2D eigenvalue weighted by atomic mass is 10.1. The Morgan fingerprint density at radius 2 is 1.96 bits per heavy atom. The van der Waals surface area contributed by atoms with E-state index in [-0.39, 0.29) is 0 Å². The molecule has 0 aliphatic carbocycles. The van der Waals surface area contributed by atoms with Crippen molar-refractivity contribution in [2.75, 3.05) is 19.2 Å². The third-order valence-corrected chi connectivity index (χ3v) is 3.75. The monoisotopic (exact) mass is 312 g/mol. The molecule has 0 amide bonds. The maximum Gasteiger partial charge on any atom is 0.127 e. The zero-order valence-corrected chi connectivity index (χ0v) is 14.2. The molecule has 4 heteroatoms. The Balaban J connectivity index is 2.26. The van der Waals surface area contributed by atoms with E-state index in [4.69, 9.17) is 15.3 Å². The molecule has 0 aliphatic rings. The number of anilines is 1. The van der Waals surface area contributed by atoms with E-state index in [1.807, 2.05) is 44.2 Å². The second-order valence-corrected chi connectivity index (χ2v) is 5.62. The third kappa shape index (κ3) is 3.85. The highest BCUT2D eigenvalue weighted by atomic mass is 16.5. The molecule has 2 rings (SSSR count). The van der Waals surface area contributed by atoms with Crippen LogP contribution in [0.5, 0.6) is 11.5 Å². The average molecular weight is 312 g/mol. The van der Waals surface area contributed by atoms with Gasteiger partial charge in [0.05, 0.1) is 18.4 Å². The van der Waals surface area contributed by atoms with Crippen LogP contribution >= 0.6 is 0 Å². The fraction of sp³-hybridized carbons (Fsp3) is 0.263. The number of hydrogen-bond donors (Lipinski definition) is 1. The van der Waals surface area contributed by atoms with Gasteiger partial charge in [-0.15, -0.1) is 0 Å². The molecule has 0 radical (unpaired) electrons. The van der Waals surface area contributed by atoms with Crippen LogP contribution in [0.1, 0.15) is 23.6 Å². The minimum Gasteiger partial charge on any atom is -0.496 e. The van der Waals surface area contributed by atoms with Gasteiger partial charge in [-0.05, 0) is 49.2 Å². The summed E-state index contributed by atoms with van der Waals surface area (Å²) in [6.07, 6.45) is 0. The normalized spacial score (nSPS) is 10.3. The minimum atomic E-state index is 0.383. The number of aryl methyl sites for hydroxylation is 1. The summed E-state index contributed by atoms with van der Waals surface area (Å²) in [5, 5.41) is 1.57. The van der Waals surface area contributed by atoms with Crippen LogP contribution in [0.15, 0.2) is 43.0 Å². The van der Waals surface area contributed by atoms with Gasteiger partial charge in [-0.25, -0.2) is 5.84 Å². The van der Waals surface area contributed by atoms with E-state index in [2.05, 4.69) is 12.6 Å². The van der Waals surface area contributed by atoms with Crippen LogP contribution in [0.2, 0.25) is 0 Å². The lowest BCUT2D eigenvalue weighted by Crippen LogP contribution is -2.26. The van der Waals surface area contributed by atoms with E-state index >= 15 is 0 Å². The second-order valence-electron chi connectivity index (χ2n) is 5.62. The molecule has 2 aromatic rings. The van der Waals surface area contributed by atoms with Gasteiger partial charge in [-0.1, -0.05) is 24.3 Å². The molecule has 0 fully saturated rings. The third-order valence-electron chi connectivity index (χ3n) is 3.75. The number of nitrogens with zero attached hydrogens (tertiary/aromatic N) is 1. The molecule has 0 atom stereocenters. The summed E-state index contributed by atoms with van der Waals surface area (Å²) < 4.78 is 11.4. The zero-order valence-electron chi connectivity index (χ0n) is 14.2. The molecule has 0 aliphatic heterocycles. The molecule has 122 valence electrons. The molecule has 0 saturated heterocycles. The molecular weight excluding hydrogens is 288 g/mol. The van der Waals surface area contributed by atoms with Crippen molar-refractivity contribution in [1.29, 1.82) is 0 Å². The van der Waals surface area contributed by atoms with Crippen molar-refractivity contribution in [3.8, 4) is 11.5 Å². The van der Waals surface area contributed by atoms with Gasteiger partial charge in [0.15, 0.2) is 0 Å². The first kappa shape index (κ1) is 16.9. The fourth-order valence-corrected chi connectivity index (χ4v) is 2.45. The summed E-state index contributed by atoms with van der Waals surface area (Å²) in [7, 11) is 3.44. The summed E-state index contributed by atoms with van der Waals surface area (Å²) in [5.74, 6) is 7.50. The van der Waals surface area contributed by atoms with Crippen LogP contribution in [0, 0.1) is 6.92 Å². The summed E-state index contributed by atoms with van der Waals surface area (Å²) in [6.45, 7) is 8.37. The highest BCUT2D eigenvalue weighted by Gasteiger charge is 2.12. The van der Waals surface area contributed by atoms with E-state index in [1.165, 1.54) is 0 Å². The number of allylic oxidation sites excluding steroid dienone is 1. The van der Waals surface area contributed by atoms with Crippen LogP contribution in [0.25, 0.3) is 5.57 Å². The van der Waals surface area contributed by atoms with Crippen molar-refractivity contribution in [1.82, 2.24) is 0 Å². The largest absolute Gasteiger partial charge is 0.496 e. The maximum absolute atomic E-state index is 6.00. The van der Waals surface area contributed by atoms with Crippen LogP contribution in [-0.2, 0) is 6.61 Å². The Labute approximate surface area is 138 Å². The first-order valence-corrected chi connectivity index (χ1v) is 7.47. The highest BCUT2D eigenvalue weighted by molar-refractivity contribution is 5.63. The SMILES string of the molecule is C=C(C)c1ccc(OCc2c(OC)cccc2N(C)N)c(C)c1. The van der Waals surface area contributed by atoms with Crippen LogP contribution in [0.4, 0.5) is 5.69 Å². The molecule has 0 saturated carbocycles. The van der Waals surface area contributed by atoms with Crippen molar-refractivity contribution in [3.63, 3.8) is 0 Å². The number of methoxy groups -OCH3 is 1. The van der Waals surface area contributed by atoms with Gasteiger partial charge >= 0.3 is 0 Å². The topological polar surface area (TPSA) is 47.7 Å². The fourth-order valence-electron chi connectivity index (χ4n) is 2.45. The van der Waals surface area contributed by atoms with Crippen molar-refractivity contribution in [3.05, 3.63) is 59.7 Å². The molecule has 0 spiro atoms. The summed E-state index contributed by atoms with van der Waals surface area (Å²) >= 11 is 0. The van der Waals surface area contributed by atoms with Gasteiger partial charge in [0, 0.05) is 7.05 Å². The molecule has 2 N–H and O–H groups in total. The lowest BCUT2D eigenvalue weighted by molar-refractivity contribution is 0.295. The Morgan fingerprint density at radius 3 is 2.52 bits per heavy atom. The van der Waals surface area contributed by atoms with Gasteiger partial charge < -0.3 is 14.5 Å². The number of rotatable bonds is 6. The smallest absolute Gasteiger partial charge is 0.127 e. The van der Waals surface area contributed by atoms with Gasteiger partial charge in [0.2, 0.25) is 0 Å². The van der Waals surface area contributed by atoms with E-state index in [9.17, 15) is 0 Å². The number of nitrogens with two attached hydrogens (primary N) is 1. The Hall–Kier alpha value is -2.46. The molecule has 0 unspecified atom stereocenters. The maximum atomic E-state index is 6.00. The van der Waals surface area contributed by atoms with Crippen molar-refractivity contribution in [2.45, 2.75) is 20.5 Å². The molecule has 4 nitrogen and oxygen atoms in total. The molecule has 0 heterocycles. The quantitative estimate of drug-likeness (QED) is 0.648. The average Bonchev–Trinajstić information content (AvgIpc) is 2.53. The Bertz CT molecular complexity index is 709. The molecular formula is C19H24N2O2. The molecule has 23 heavy (non-hydrogen) atoms. The van der Waals surface area contributed by atoms with Crippen LogP contribution < -0.4 is 20.3 Å². The predicted molar refractivity (Wildman–Crippen MR) is 95.8 cm³/mol.